The molecule has 2 saturated carbocycles. The van der Waals surface area contributed by atoms with Crippen molar-refractivity contribution in [2.24, 2.45) is 17.8 Å². The molecule has 2 aromatic heterocycles. The van der Waals surface area contributed by atoms with Gasteiger partial charge < -0.3 is 15.5 Å². The van der Waals surface area contributed by atoms with Gasteiger partial charge >= 0.3 is 6.03 Å². The van der Waals surface area contributed by atoms with Crippen LogP contribution >= 0.6 is 0 Å². The highest BCUT2D eigenvalue weighted by Crippen LogP contribution is 2.54. The Morgan fingerprint density at radius 1 is 0.760 bits per heavy atom. The summed E-state index contributed by atoms with van der Waals surface area (Å²) >= 11 is 0. The lowest BCUT2D eigenvalue weighted by atomic mass is 9.80. The maximum atomic E-state index is 13.4. The molecule has 4 aliphatic rings. The van der Waals surface area contributed by atoms with E-state index in [0.29, 0.717) is 35.1 Å². The number of rotatable bonds is 5. The third-order valence-corrected chi connectivity index (χ3v) is 10.3. The van der Waals surface area contributed by atoms with E-state index in [2.05, 4.69) is 30.6 Å². The Hall–Kier alpha value is -4.80. The number of halogens is 2. The molecular weight excluding hydrogens is 636 g/mol. The fourth-order valence-electron chi connectivity index (χ4n) is 7.41. The standard InChI is InChI=1S/C19H21FN4O.C18H18FN3O.C2H6.2H2/c1-11-6-7-13(8-16(11)18-21-10-17(20)12(2)22-18)23-19(25)24-14-4-3-5-15(24)9-14;1-10-2-3-15(7-16(10)17-20-8-14(19)9-21-17)22-18(23)13-5-11-4-12(11)6-13;1-2;;/h6-8,10,14-15H,3-5,9H2,1-2H3,(H,23,25);2-3,7-9,11-13H,4-6H2,1H3,(H,22,23);1-2H3;2*1H. The van der Waals surface area contributed by atoms with Crippen molar-refractivity contribution in [2.45, 2.75) is 91.6 Å². The Morgan fingerprint density at radius 2 is 1.32 bits per heavy atom. The quantitative estimate of drug-likeness (QED) is 0.217. The van der Waals surface area contributed by atoms with Gasteiger partial charge in [0.1, 0.15) is 0 Å². The summed E-state index contributed by atoms with van der Waals surface area (Å²) in [6.07, 6.45) is 11.4. The number of aryl methyl sites for hydroxylation is 3. The van der Waals surface area contributed by atoms with Crippen molar-refractivity contribution < 1.29 is 21.2 Å². The fourth-order valence-corrected chi connectivity index (χ4v) is 7.41. The van der Waals surface area contributed by atoms with Crippen molar-refractivity contribution in [1.82, 2.24) is 24.8 Å². The van der Waals surface area contributed by atoms with E-state index in [1.54, 1.807) is 6.92 Å². The number of aromatic nitrogens is 4. The highest BCUT2D eigenvalue weighted by molar-refractivity contribution is 5.93. The van der Waals surface area contributed by atoms with E-state index in [0.717, 1.165) is 84.3 Å². The fraction of sp³-hybridized carbons (Fsp3) is 0.436. The maximum absolute atomic E-state index is 13.4. The van der Waals surface area contributed by atoms with Crippen LogP contribution in [0.1, 0.15) is 78.5 Å². The van der Waals surface area contributed by atoms with Crippen LogP contribution in [0.2, 0.25) is 0 Å². The summed E-state index contributed by atoms with van der Waals surface area (Å²) < 4.78 is 26.4. The molecule has 2 aliphatic carbocycles. The summed E-state index contributed by atoms with van der Waals surface area (Å²) in [6, 6.07) is 12.1. The van der Waals surface area contributed by atoms with Crippen molar-refractivity contribution in [1.29, 1.82) is 0 Å². The third-order valence-electron chi connectivity index (χ3n) is 10.3. The topological polar surface area (TPSA) is 113 Å². The molecule has 2 aliphatic heterocycles. The molecule has 266 valence electrons. The molecule has 4 aromatic rings. The highest BCUT2D eigenvalue weighted by Gasteiger charge is 2.48. The van der Waals surface area contributed by atoms with Crippen molar-refractivity contribution in [3.63, 3.8) is 0 Å². The number of amides is 3. The molecule has 2 saturated heterocycles. The van der Waals surface area contributed by atoms with Crippen LogP contribution in [-0.4, -0.2) is 48.9 Å². The van der Waals surface area contributed by atoms with Crippen molar-refractivity contribution in [3.8, 4) is 22.8 Å². The predicted octanol–water partition coefficient (Wildman–Crippen LogP) is 9.15. The van der Waals surface area contributed by atoms with Gasteiger partial charge in [0.15, 0.2) is 23.3 Å². The zero-order chi connectivity index (χ0) is 35.5. The lowest BCUT2D eigenvalue weighted by Crippen LogP contribution is -2.62. The Balaban J connectivity index is 0.000000215. The molecule has 4 atom stereocenters. The molecule has 0 radical (unpaired) electrons. The molecule has 2 aromatic carbocycles. The number of urea groups is 1. The van der Waals surface area contributed by atoms with E-state index in [1.807, 2.05) is 69.0 Å². The van der Waals surface area contributed by atoms with E-state index in [1.165, 1.54) is 19.0 Å². The second kappa shape index (κ2) is 15.0. The van der Waals surface area contributed by atoms with E-state index in [9.17, 15) is 18.4 Å². The highest BCUT2D eigenvalue weighted by atomic mass is 19.1. The Labute approximate surface area is 295 Å². The molecule has 2 bridgehead atoms. The first-order valence-electron chi connectivity index (χ1n) is 17.7. The number of hydrogen-bond acceptors (Lipinski definition) is 6. The lowest BCUT2D eigenvalue weighted by molar-refractivity contribution is -0.120. The first-order valence-corrected chi connectivity index (χ1v) is 17.7. The maximum Gasteiger partial charge on any atom is 0.322 e. The van der Waals surface area contributed by atoms with Gasteiger partial charge in [0.05, 0.1) is 24.3 Å². The minimum atomic E-state index is -0.462. The molecule has 11 heteroatoms. The van der Waals surface area contributed by atoms with Crippen LogP contribution in [0.25, 0.3) is 22.8 Å². The van der Waals surface area contributed by atoms with Gasteiger partial charge in [-0.05, 0) is 113 Å². The number of carbonyl (C=O) groups excluding carboxylic acids is 2. The summed E-state index contributed by atoms with van der Waals surface area (Å²) in [4.78, 5) is 43.3. The summed E-state index contributed by atoms with van der Waals surface area (Å²) in [5.74, 6) is 1.86. The van der Waals surface area contributed by atoms with Gasteiger partial charge in [-0.2, -0.15) is 0 Å². The minimum absolute atomic E-state index is 0. The number of nitrogens with one attached hydrogen (secondary N) is 2. The van der Waals surface area contributed by atoms with Gasteiger partial charge in [0, 0.05) is 43.4 Å². The molecule has 3 amide bonds. The van der Waals surface area contributed by atoms with Gasteiger partial charge in [-0.15, -0.1) is 0 Å². The molecule has 4 heterocycles. The smallest absolute Gasteiger partial charge is 0.322 e. The van der Waals surface area contributed by atoms with Gasteiger partial charge in [-0.25, -0.2) is 33.5 Å². The number of anilines is 2. The molecule has 8 rings (SSSR count). The molecular formula is C39H49F2N7O2. The minimum Gasteiger partial charge on any atom is -0.326 e. The zero-order valence-corrected chi connectivity index (χ0v) is 29.3. The molecule has 4 fully saturated rings. The monoisotopic (exact) mass is 685 g/mol. The van der Waals surface area contributed by atoms with Crippen LogP contribution in [-0.2, 0) is 4.79 Å². The normalized spacial score (nSPS) is 22.5. The summed E-state index contributed by atoms with van der Waals surface area (Å²) in [5.41, 5.74) is 5.32. The van der Waals surface area contributed by atoms with Crippen LogP contribution in [0.15, 0.2) is 55.0 Å². The molecule has 4 unspecified atom stereocenters. The third kappa shape index (κ3) is 7.66. The Kier molecular flexibility index (Phi) is 10.5. The number of carbonyl (C=O) groups is 2. The van der Waals surface area contributed by atoms with E-state index < -0.39 is 11.6 Å². The number of fused-ring (bicyclic) bond motifs is 3. The first kappa shape index (κ1) is 35.0. The average Bonchev–Trinajstić information content (AvgIpc) is 3.73. The van der Waals surface area contributed by atoms with Crippen LogP contribution < -0.4 is 10.6 Å². The number of benzene rings is 2. The van der Waals surface area contributed by atoms with Crippen molar-refractivity contribution >= 4 is 23.3 Å². The number of hydrogen-bond donors (Lipinski definition) is 2. The summed E-state index contributed by atoms with van der Waals surface area (Å²) in [5, 5.41) is 6.00. The van der Waals surface area contributed by atoms with Crippen LogP contribution in [0.5, 0.6) is 0 Å². The molecule has 50 heavy (non-hydrogen) atoms. The molecule has 2 N–H and O–H groups in total. The molecule has 9 nitrogen and oxygen atoms in total. The largest absolute Gasteiger partial charge is 0.326 e. The Morgan fingerprint density at radius 3 is 1.90 bits per heavy atom. The SMILES string of the molecule is CC.Cc1ccc(NC(=O)C2CC3CC3C2)cc1-c1ncc(F)cn1.Cc1ccc(NC(=O)N2C3CCCC2C3)cc1-c1ncc(F)c(C)n1.[HH].[HH]. The average molecular weight is 686 g/mol. The van der Waals surface area contributed by atoms with Gasteiger partial charge in [-0.3, -0.25) is 4.79 Å². The van der Waals surface area contributed by atoms with Crippen molar-refractivity contribution in [2.75, 3.05) is 10.6 Å². The van der Waals surface area contributed by atoms with Gasteiger partial charge in [0.2, 0.25) is 5.91 Å². The second-order valence-electron chi connectivity index (χ2n) is 13.6. The van der Waals surface area contributed by atoms with Crippen molar-refractivity contribution in [3.05, 3.63) is 83.4 Å². The van der Waals surface area contributed by atoms with Crippen LogP contribution in [0, 0.1) is 50.2 Å². The van der Waals surface area contributed by atoms with Crippen LogP contribution in [0.3, 0.4) is 0 Å². The predicted molar refractivity (Wildman–Crippen MR) is 194 cm³/mol. The second-order valence-corrected chi connectivity index (χ2v) is 13.6. The summed E-state index contributed by atoms with van der Waals surface area (Å²) in [7, 11) is 0. The first-order chi connectivity index (χ1) is 24.1. The van der Waals surface area contributed by atoms with Gasteiger partial charge in [-0.1, -0.05) is 26.0 Å². The number of piperidine rings is 1. The zero-order valence-electron chi connectivity index (χ0n) is 29.3. The number of nitrogens with zero attached hydrogens (tertiary/aromatic N) is 5. The van der Waals surface area contributed by atoms with E-state index in [-0.39, 0.29) is 20.7 Å². The lowest BCUT2D eigenvalue weighted by Gasteiger charge is -2.52. The van der Waals surface area contributed by atoms with E-state index in [4.69, 9.17) is 0 Å². The molecule has 0 spiro atoms. The van der Waals surface area contributed by atoms with Gasteiger partial charge in [0.25, 0.3) is 0 Å². The van der Waals surface area contributed by atoms with E-state index >= 15 is 0 Å². The van der Waals surface area contributed by atoms with Crippen LogP contribution in [0.4, 0.5) is 25.0 Å². The Bertz CT molecular complexity index is 1860. The summed E-state index contributed by atoms with van der Waals surface area (Å²) in [6.45, 7) is 9.51.